The average molecular weight is 279 g/mol. The van der Waals surface area contributed by atoms with Crippen molar-refractivity contribution in [3.63, 3.8) is 0 Å². The van der Waals surface area contributed by atoms with Gasteiger partial charge in [-0.1, -0.05) is 18.2 Å². The first kappa shape index (κ1) is 12.7. The third-order valence-electron chi connectivity index (χ3n) is 3.22. The number of hydrogen-bond donors (Lipinski definition) is 0. The third kappa shape index (κ3) is 1.62. The highest BCUT2D eigenvalue weighted by Crippen LogP contribution is 2.31. The topological polar surface area (TPSA) is 4.93 Å². The van der Waals surface area contributed by atoms with Crippen LogP contribution in [0.15, 0.2) is 36.4 Å². The van der Waals surface area contributed by atoms with Crippen molar-refractivity contribution in [2.45, 2.75) is 6.92 Å². The van der Waals surface area contributed by atoms with Gasteiger partial charge in [0, 0.05) is 16.8 Å². The molecule has 0 bridgehead atoms. The van der Waals surface area contributed by atoms with Crippen LogP contribution in [0.1, 0.15) is 5.69 Å². The summed E-state index contributed by atoms with van der Waals surface area (Å²) in [4.78, 5) is 0. The summed E-state index contributed by atoms with van der Waals surface area (Å²) in [6, 6.07) is 9.84. The lowest BCUT2D eigenvalue weighted by Crippen LogP contribution is -2.02. The number of para-hydroxylation sites is 1. The molecule has 1 nitrogen and oxygen atoms in total. The van der Waals surface area contributed by atoms with Crippen molar-refractivity contribution in [2.75, 3.05) is 0 Å². The minimum absolute atomic E-state index is 0.275. The standard InChI is InChI=1S/C15H9F4N/c1-8-7-10-11(16)12(17)13(18)14(19)15(10)20(8)9-5-3-2-4-6-9/h2-7H,1H3. The molecule has 3 aromatic rings. The van der Waals surface area contributed by atoms with Crippen LogP contribution in [0.25, 0.3) is 16.6 Å². The third-order valence-corrected chi connectivity index (χ3v) is 3.22. The van der Waals surface area contributed by atoms with E-state index >= 15 is 0 Å². The lowest BCUT2D eigenvalue weighted by Gasteiger charge is -2.09. The van der Waals surface area contributed by atoms with Crippen molar-refractivity contribution in [2.24, 2.45) is 0 Å². The highest BCUT2D eigenvalue weighted by Gasteiger charge is 2.24. The molecule has 102 valence electrons. The Bertz CT molecular complexity index is 806. The van der Waals surface area contributed by atoms with Gasteiger partial charge in [-0.3, -0.25) is 0 Å². The number of aryl methyl sites for hydroxylation is 1. The molecule has 5 heteroatoms. The van der Waals surface area contributed by atoms with Crippen LogP contribution < -0.4 is 0 Å². The summed E-state index contributed by atoms with van der Waals surface area (Å²) in [7, 11) is 0. The summed E-state index contributed by atoms with van der Waals surface area (Å²) in [5, 5.41) is -0.275. The zero-order valence-electron chi connectivity index (χ0n) is 10.4. The fourth-order valence-electron chi connectivity index (χ4n) is 2.35. The molecule has 0 atom stereocenters. The zero-order valence-corrected chi connectivity index (χ0v) is 10.4. The normalized spacial score (nSPS) is 11.2. The van der Waals surface area contributed by atoms with Crippen LogP contribution in [-0.2, 0) is 0 Å². The quantitative estimate of drug-likeness (QED) is 0.351. The summed E-state index contributed by atoms with van der Waals surface area (Å²) >= 11 is 0. The minimum atomic E-state index is -1.80. The number of nitrogens with zero attached hydrogens (tertiary/aromatic N) is 1. The van der Waals surface area contributed by atoms with Crippen LogP contribution in [0.4, 0.5) is 17.6 Å². The van der Waals surface area contributed by atoms with E-state index in [0.29, 0.717) is 11.4 Å². The molecule has 0 spiro atoms. The van der Waals surface area contributed by atoms with Crippen molar-refractivity contribution < 1.29 is 17.6 Å². The Morgan fingerprint density at radius 2 is 1.40 bits per heavy atom. The summed E-state index contributed by atoms with van der Waals surface area (Å²) < 4.78 is 55.8. The van der Waals surface area contributed by atoms with Crippen molar-refractivity contribution >= 4 is 10.9 Å². The van der Waals surface area contributed by atoms with E-state index in [9.17, 15) is 17.6 Å². The molecular formula is C15H9F4N. The van der Waals surface area contributed by atoms with Crippen LogP contribution in [0.5, 0.6) is 0 Å². The molecule has 0 aliphatic carbocycles. The number of fused-ring (bicyclic) bond motifs is 1. The van der Waals surface area contributed by atoms with Gasteiger partial charge in [-0.25, -0.2) is 17.6 Å². The van der Waals surface area contributed by atoms with Crippen molar-refractivity contribution in [1.82, 2.24) is 4.57 Å². The van der Waals surface area contributed by atoms with E-state index in [0.717, 1.165) is 0 Å². The van der Waals surface area contributed by atoms with Gasteiger partial charge in [-0.15, -0.1) is 0 Å². The molecule has 20 heavy (non-hydrogen) atoms. The van der Waals surface area contributed by atoms with E-state index in [1.807, 2.05) is 0 Å². The number of aromatic nitrogens is 1. The molecular weight excluding hydrogens is 270 g/mol. The predicted octanol–water partition coefficient (Wildman–Crippen LogP) is 4.50. The molecule has 1 heterocycles. The first-order valence-corrected chi connectivity index (χ1v) is 5.91. The molecule has 0 amide bonds. The van der Waals surface area contributed by atoms with Gasteiger partial charge in [-0.05, 0) is 25.1 Å². The van der Waals surface area contributed by atoms with E-state index < -0.39 is 23.3 Å². The van der Waals surface area contributed by atoms with Gasteiger partial charge < -0.3 is 4.57 Å². The lowest BCUT2D eigenvalue weighted by molar-refractivity contribution is 0.417. The predicted molar refractivity (Wildman–Crippen MR) is 67.8 cm³/mol. The molecule has 0 N–H and O–H groups in total. The fourth-order valence-corrected chi connectivity index (χ4v) is 2.35. The summed E-state index contributed by atoms with van der Waals surface area (Å²) in [6.07, 6.45) is 0. The van der Waals surface area contributed by atoms with E-state index in [1.54, 1.807) is 37.3 Å². The van der Waals surface area contributed by atoms with Gasteiger partial charge in [0.25, 0.3) is 0 Å². The highest BCUT2D eigenvalue weighted by molar-refractivity contribution is 5.84. The Morgan fingerprint density at radius 1 is 0.800 bits per heavy atom. The van der Waals surface area contributed by atoms with Gasteiger partial charge in [0.05, 0.1) is 5.52 Å². The first-order chi connectivity index (χ1) is 9.52. The fraction of sp³-hybridized carbons (Fsp3) is 0.0667. The van der Waals surface area contributed by atoms with Crippen LogP contribution in [-0.4, -0.2) is 4.57 Å². The Morgan fingerprint density at radius 3 is 2.05 bits per heavy atom. The molecule has 0 fully saturated rings. The van der Waals surface area contributed by atoms with Crippen LogP contribution in [0.3, 0.4) is 0 Å². The van der Waals surface area contributed by atoms with Gasteiger partial charge >= 0.3 is 0 Å². The Kier molecular flexibility index (Phi) is 2.78. The molecule has 0 unspecified atom stereocenters. The molecule has 2 aromatic carbocycles. The minimum Gasteiger partial charge on any atom is -0.311 e. The second-order valence-corrected chi connectivity index (χ2v) is 4.47. The zero-order chi connectivity index (χ0) is 14.4. The van der Waals surface area contributed by atoms with E-state index in [1.165, 1.54) is 10.6 Å². The first-order valence-electron chi connectivity index (χ1n) is 5.91. The maximum absolute atomic E-state index is 14.0. The molecule has 0 radical (unpaired) electrons. The Labute approximate surface area is 112 Å². The molecule has 0 saturated carbocycles. The Balaban J connectivity index is 2.49. The van der Waals surface area contributed by atoms with Crippen molar-refractivity contribution in [3.8, 4) is 5.69 Å². The summed E-state index contributed by atoms with van der Waals surface area (Å²) in [6.45, 7) is 1.61. The monoisotopic (exact) mass is 279 g/mol. The van der Waals surface area contributed by atoms with Gasteiger partial charge in [-0.2, -0.15) is 0 Å². The van der Waals surface area contributed by atoms with Crippen LogP contribution >= 0.6 is 0 Å². The summed E-state index contributed by atoms with van der Waals surface area (Å²) in [5.41, 5.74) is 0.725. The number of halogens is 4. The second kappa shape index (κ2) is 4.37. The van der Waals surface area contributed by atoms with E-state index in [4.69, 9.17) is 0 Å². The number of rotatable bonds is 1. The van der Waals surface area contributed by atoms with Crippen LogP contribution in [0, 0.1) is 30.2 Å². The van der Waals surface area contributed by atoms with E-state index in [2.05, 4.69) is 0 Å². The maximum Gasteiger partial charge on any atom is 0.199 e. The van der Waals surface area contributed by atoms with Crippen LogP contribution in [0.2, 0.25) is 0 Å². The maximum atomic E-state index is 14.0. The van der Waals surface area contributed by atoms with Gasteiger partial charge in [0.15, 0.2) is 23.3 Å². The van der Waals surface area contributed by atoms with Crippen molar-refractivity contribution in [3.05, 3.63) is 65.4 Å². The highest BCUT2D eigenvalue weighted by atomic mass is 19.2. The molecule has 0 saturated heterocycles. The van der Waals surface area contributed by atoms with E-state index in [-0.39, 0.29) is 10.9 Å². The van der Waals surface area contributed by atoms with Gasteiger partial charge in [0.1, 0.15) is 0 Å². The SMILES string of the molecule is Cc1cc2c(F)c(F)c(F)c(F)c2n1-c1ccccc1. The molecule has 0 aliphatic rings. The molecule has 1 aromatic heterocycles. The lowest BCUT2D eigenvalue weighted by atomic mass is 10.2. The second-order valence-electron chi connectivity index (χ2n) is 4.47. The number of hydrogen-bond acceptors (Lipinski definition) is 0. The molecule has 0 aliphatic heterocycles. The van der Waals surface area contributed by atoms with Gasteiger partial charge in [0.2, 0.25) is 0 Å². The average Bonchev–Trinajstić information content (AvgIpc) is 2.81. The largest absolute Gasteiger partial charge is 0.311 e. The number of benzene rings is 2. The summed E-state index contributed by atoms with van der Waals surface area (Å²) in [5.74, 6) is -6.36. The van der Waals surface area contributed by atoms with Crippen molar-refractivity contribution in [1.29, 1.82) is 0 Å². The molecule has 3 rings (SSSR count). The smallest absolute Gasteiger partial charge is 0.199 e. The Hall–Kier alpha value is -2.30.